The molecule has 5 nitrogen and oxygen atoms in total. The molecule has 0 radical (unpaired) electrons. The number of hydrogen-bond donors (Lipinski definition) is 3. The fourth-order valence-corrected chi connectivity index (χ4v) is 2.02. The van der Waals surface area contributed by atoms with Gasteiger partial charge in [-0.2, -0.15) is 5.10 Å². The molecule has 1 heterocycles. The van der Waals surface area contributed by atoms with Gasteiger partial charge in [0.05, 0.1) is 17.5 Å². The molecule has 4 N–H and O–H groups in total. The highest BCUT2D eigenvalue weighted by Crippen LogP contribution is 2.23. The van der Waals surface area contributed by atoms with Crippen molar-refractivity contribution in [2.45, 2.75) is 19.4 Å². The van der Waals surface area contributed by atoms with Gasteiger partial charge in [-0.1, -0.05) is 23.7 Å². The molecule has 0 aliphatic heterocycles. The van der Waals surface area contributed by atoms with Crippen LogP contribution in [0.25, 0.3) is 11.3 Å². The van der Waals surface area contributed by atoms with Gasteiger partial charge >= 0.3 is 0 Å². The lowest BCUT2D eigenvalue weighted by Crippen LogP contribution is -2.29. The van der Waals surface area contributed by atoms with Crippen molar-refractivity contribution >= 4 is 29.9 Å². The highest BCUT2D eigenvalue weighted by molar-refractivity contribution is 6.30. The molecule has 1 amide bonds. The lowest BCUT2D eigenvalue weighted by atomic mass is 10.1. The van der Waals surface area contributed by atoms with E-state index in [0.29, 0.717) is 22.8 Å². The van der Waals surface area contributed by atoms with E-state index in [-0.39, 0.29) is 24.4 Å². The standard InChI is InChI=1S/C14H17ClN4O.ClH/c1-9(16)5-6-17-14(20)12-8-18-19-13(12)10-3-2-4-11(15)7-10;/h2-4,7-9H,5-6,16H2,1H3,(H,17,20)(H,18,19);1H. The van der Waals surface area contributed by atoms with Crippen molar-refractivity contribution in [1.29, 1.82) is 0 Å². The predicted octanol–water partition coefficient (Wildman–Crippen LogP) is 2.62. The molecule has 0 fully saturated rings. The number of nitrogens with two attached hydrogens (primary N) is 1. The van der Waals surface area contributed by atoms with Gasteiger partial charge in [-0.05, 0) is 25.5 Å². The Morgan fingerprint density at radius 1 is 1.52 bits per heavy atom. The first kappa shape index (κ1) is 17.5. The van der Waals surface area contributed by atoms with E-state index in [9.17, 15) is 4.79 Å². The fraction of sp³-hybridized carbons (Fsp3) is 0.286. The van der Waals surface area contributed by atoms with Crippen LogP contribution in [0.15, 0.2) is 30.5 Å². The summed E-state index contributed by atoms with van der Waals surface area (Å²) in [5, 5.41) is 10.2. The number of hydrogen-bond acceptors (Lipinski definition) is 3. The summed E-state index contributed by atoms with van der Waals surface area (Å²) in [5.41, 5.74) is 7.63. The van der Waals surface area contributed by atoms with Gasteiger partial charge in [-0.25, -0.2) is 0 Å². The number of nitrogens with zero attached hydrogens (tertiary/aromatic N) is 1. The summed E-state index contributed by atoms with van der Waals surface area (Å²) in [6.07, 6.45) is 2.24. The molecule has 0 saturated heterocycles. The highest BCUT2D eigenvalue weighted by atomic mass is 35.5. The molecule has 0 aliphatic rings. The average Bonchev–Trinajstić information content (AvgIpc) is 2.87. The minimum absolute atomic E-state index is 0. The number of halogens is 2. The van der Waals surface area contributed by atoms with E-state index in [1.807, 2.05) is 19.1 Å². The van der Waals surface area contributed by atoms with Crippen LogP contribution in [0.5, 0.6) is 0 Å². The largest absolute Gasteiger partial charge is 0.352 e. The van der Waals surface area contributed by atoms with Gasteiger partial charge in [0, 0.05) is 23.2 Å². The van der Waals surface area contributed by atoms with E-state index in [4.69, 9.17) is 17.3 Å². The van der Waals surface area contributed by atoms with Crippen molar-refractivity contribution in [2.75, 3.05) is 6.54 Å². The Kier molecular flexibility index (Phi) is 6.68. The van der Waals surface area contributed by atoms with E-state index in [1.54, 1.807) is 12.1 Å². The normalized spacial score (nSPS) is 11.6. The third-order valence-electron chi connectivity index (χ3n) is 2.88. The van der Waals surface area contributed by atoms with Crippen LogP contribution in [0.1, 0.15) is 23.7 Å². The molecule has 1 aromatic heterocycles. The van der Waals surface area contributed by atoms with Crippen molar-refractivity contribution in [2.24, 2.45) is 5.73 Å². The van der Waals surface area contributed by atoms with E-state index in [2.05, 4.69) is 15.5 Å². The lowest BCUT2D eigenvalue weighted by Gasteiger charge is -2.07. The lowest BCUT2D eigenvalue weighted by molar-refractivity contribution is 0.0953. The van der Waals surface area contributed by atoms with Crippen LogP contribution >= 0.6 is 24.0 Å². The molecule has 21 heavy (non-hydrogen) atoms. The monoisotopic (exact) mass is 328 g/mol. The maximum atomic E-state index is 12.1. The molecule has 1 aromatic carbocycles. The minimum atomic E-state index is -0.172. The fourth-order valence-electron chi connectivity index (χ4n) is 1.83. The number of amides is 1. The zero-order valence-corrected chi connectivity index (χ0v) is 13.2. The van der Waals surface area contributed by atoms with E-state index < -0.39 is 0 Å². The Bertz CT molecular complexity index is 598. The van der Waals surface area contributed by atoms with Crippen molar-refractivity contribution in [1.82, 2.24) is 15.5 Å². The zero-order chi connectivity index (χ0) is 14.5. The molecule has 0 bridgehead atoms. The second-order valence-corrected chi connectivity index (χ2v) is 5.13. The first-order valence-electron chi connectivity index (χ1n) is 6.41. The molecule has 114 valence electrons. The molecule has 2 aromatic rings. The molecule has 0 aliphatic carbocycles. The number of rotatable bonds is 5. The summed E-state index contributed by atoms with van der Waals surface area (Å²) in [6, 6.07) is 7.33. The quantitative estimate of drug-likeness (QED) is 0.788. The number of nitrogens with one attached hydrogen (secondary N) is 2. The SMILES string of the molecule is CC(N)CCNC(=O)c1cn[nH]c1-c1cccc(Cl)c1.Cl. The summed E-state index contributed by atoms with van der Waals surface area (Å²) >= 11 is 5.96. The van der Waals surface area contributed by atoms with Gasteiger partial charge < -0.3 is 11.1 Å². The van der Waals surface area contributed by atoms with Crippen LogP contribution in [0.2, 0.25) is 5.02 Å². The van der Waals surface area contributed by atoms with Crippen molar-refractivity contribution in [3.8, 4) is 11.3 Å². The van der Waals surface area contributed by atoms with Gasteiger partial charge in [0.25, 0.3) is 5.91 Å². The number of aromatic nitrogens is 2. The second kappa shape index (κ2) is 8.02. The molecular weight excluding hydrogens is 311 g/mol. The van der Waals surface area contributed by atoms with E-state index in [0.717, 1.165) is 12.0 Å². The third kappa shape index (κ3) is 4.74. The smallest absolute Gasteiger partial charge is 0.255 e. The van der Waals surface area contributed by atoms with Crippen LogP contribution in [0, 0.1) is 0 Å². The molecule has 0 spiro atoms. The van der Waals surface area contributed by atoms with Gasteiger partial charge in [0.15, 0.2) is 0 Å². The highest BCUT2D eigenvalue weighted by Gasteiger charge is 2.15. The summed E-state index contributed by atoms with van der Waals surface area (Å²) in [7, 11) is 0. The van der Waals surface area contributed by atoms with Gasteiger partial charge in [0.2, 0.25) is 0 Å². The number of carbonyl (C=O) groups excluding carboxylic acids is 1. The van der Waals surface area contributed by atoms with Gasteiger partial charge in [0.1, 0.15) is 0 Å². The van der Waals surface area contributed by atoms with Crippen LogP contribution in [-0.4, -0.2) is 28.7 Å². The molecule has 7 heteroatoms. The summed E-state index contributed by atoms with van der Waals surface area (Å²) in [4.78, 5) is 12.1. The van der Waals surface area contributed by atoms with Crippen LogP contribution < -0.4 is 11.1 Å². The Hall–Kier alpha value is -1.56. The third-order valence-corrected chi connectivity index (χ3v) is 3.12. The summed E-state index contributed by atoms with van der Waals surface area (Å²) in [6.45, 7) is 2.44. The van der Waals surface area contributed by atoms with Crippen molar-refractivity contribution < 1.29 is 4.79 Å². The minimum Gasteiger partial charge on any atom is -0.352 e. The summed E-state index contributed by atoms with van der Waals surface area (Å²) in [5.74, 6) is -0.172. The Morgan fingerprint density at radius 2 is 2.29 bits per heavy atom. The van der Waals surface area contributed by atoms with Crippen molar-refractivity contribution in [3.05, 3.63) is 41.0 Å². The molecule has 1 unspecified atom stereocenters. The number of benzene rings is 1. The van der Waals surface area contributed by atoms with E-state index in [1.165, 1.54) is 6.20 Å². The Balaban J connectivity index is 0.00000220. The average molecular weight is 329 g/mol. The predicted molar refractivity (Wildman–Crippen MR) is 86.9 cm³/mol. The summed E-state index contributed by atoms with van der Waals surface area (Å²) < 4.78 is 0. The molecule has 2 rings (SSSR count). The number of H-pyrrole nitrogens is 1. The Labute approximate surface area is 134 Å². The van der Waals surface area contributed by atoms with Crippen LogP contribution in [-0.2, 0) is 0 Å². The first-order valence-corrected chi connectivity index (χ1v) is 6.79. The molecular formula is C14H18Cl2N4O. The molecule has 0 saturated carbocycles. The van der Waals surface area contributed by atoms with Gasteiger partial charge in [-0.3, -0.25) is 9.89 Å². The second-order valence-electron chi connectivity index (χ2n) is 4.69. The van der Waals surface area contributed by atoms with E-state index >= 15 is 0 Å². The molecule has 1 atom stereocenters. The number of aromatic amines is 1. The van der Waals surface area contributed by atoms with Crippen LogP contribution in [0.3, 0.4) is 0 Å². The topological polar surface area (TPSA) is 83.8 Å². The van der Waals surface area contributed by atoms with Gasteiger partial charge in [-0.15, -0.1) is 12.4 Å². The number of carbonyl (C=O) groups is 1. The Morgan fingerprint density at radius 3 is 2.95 bits per heavy atom. The zero-order valence-electron chi connectivity index (χ0n) is 11.6. The maximum Gasteiger partial charge on any atom is 0.255 e. The van der Waals surface area contributed by atoms with Crippen LogP contribution in [0.4, 0.5) is 0 Å². The van der Waals surface area contributed by atoms with Crippen molar-refractivity contribution in [3.63, 3.8) is 0 Å². The maximum absolute atomic E-state index is 12.1. The first-order chi connectivity index (χ1) is 9.58.